The third-order valence-electron chi connectivity index (χ3n) is 5.91. The maximum absolute atomic E-state index is 13.0. The highest BCUT2D eigenvalue weighted by atomic mass is 28.4. The number of hydrogen-bond donors (Lipinski definition) is 0. The molecule has 0 bridgehead atoms. The van der Waals surface area contributed by atoms with Crippen molar-refractivity contribution < 1.29 is 23.5 Å². The zero-order chi connectivity index (χ0) is 21.6. The van der Waals surface area contributed by atoms with E-state index in [1.54, 1.807) is 22.9 Å². The molecule has 0 radical (unpaired) electrons. The summed E-state index contributed by atoms with van der Waals surface area (Å²) in [5.41, 5.74) is 1.31. The number of fused-ring (bicyclic) bond motifs is 1. The monoisotopic (exact) mass is 419 g/mol. The molecular formula is C20H29N3O5Si. The Labute approximate surface area is 171 Å². The number of ether oxygens (including phenoxy) is 2. The third kappa shape index (κ3) is 3.74. The molecule has 1 aromatic heterocycles. The highest BCUT2D eigenvalue weighted by Gasteiger charge is 2.50. The lowest BCUT2D eigenvalue weighted by Gasteiger charge is -2.38. The van der Waals surface area contributed by atoms with Crippen LogP contribution >= 0.6 is 0 Å². The highest BCUT2D eigenvalue weighted by molar-refractivity contribution is 6.74. The minimum absolute atomic E-state index is 0.0649. The second-order valence-corrected chi connectivity index (χ2v) is 13.6. The molecule has 2 heterocycles. The number of aromatic nitrogens is 3. The van der Waals surface area contributed by atoms with E-state index in [-0.39, 0.29) is 10.8 Å². The van der Waals surface area contributed by atoms with Crippen LogP contribution in [0.15, 0.2) is 18.2 Å². The molecular weight excluding hydrogens is 390 g/mol. The average Bonchev–Trinajstić information content (AvgIpc) is 3.21. The van der Waals surface area contributed by atoms with Crippen LogP contribution in [0, 0.1) is 0 Å². The van der Waals surface area contributed by atoms with Gasteiger partial charge < -0.3 is 13.9 Å². The van der Waals surface area contributed by atoms with E-state index in [0.29, 0.717) is 23.0 Å². The van der Waals surface area contributed by atoms with E-state index >= 15 is 0 Å². The van der Waals surface area contributed by atoms with Crippen LogP contribution in [0.25, 0.3) is 11.0 Å². The molecule has 0 spiro atoms. The summed E-state index contributed by atoms with van der Waals surface area (Å²) in [4.78, 5) is 25.1. The molecule has 1 aliphatic heterocycles. The predicted molar refractivity (Wildman–Crippen MR) is 110 cm³/mol. The SMILES string of the molecule is CC[C@H]1O[C@@H](n2nnc3c(C(=O)OC)cccc32)[C@H](O[Si](C)(C)C(C)(C)C)C1=O. The first-order valence-corrected chi connectivity index (χ1v) is 12.7. The lowest BCUT2D eigenvalue weighted by atomic mass is 10.1. The van der Waals surface area contributed by atoms with Gasteiger partial charge in [-0.3, -0.25) is 4.79 Å². The Bertz CT molecular complexity index is 934. The number of nitrogens with zero attached hydrogens (tertiary/aromatic N) is 3. The lowest BCUT2D eigenvalue weighted by Crippen LogP contribution is -2.47. The molecule has 29 heavy (non-hydrogen) atoms. The van der Waals surface area contributed by atoms with Gasteiger partial charge in [-0.15, -0.1) is 5.10 Å². The quantitative estimate of drug-likeness (QED) is 0.541. The van der Waals surface area contributed by atoms with Gasteiger partial charge in [0.15, 0.2) is 26.4 Å². The summed E-state index contributed by atoms with van der Waals surface area (Å²) in [5.74, 6) is -0.568. The van der Waals surface area contributed by atoms with Gasteiger partial charge in [0, 0.05) is 0 Å². The van der Waals surface area contributed by atoms with Gasteiger partial charge in [0.1, 0.15) is 11.6 Å². The van der Waals surface area contributed by atoms with Crippen molar-refractivity contribution in [1.29, 1.82) is 0 Å². The van der Waals surface area contributed by atoms with Gasteiger partial charge in [-0.2, -0.15) is 0 Å². The Kier molecular flexibility index (Phi) is 5.68. The summed E-state index contributed by atoms with van der Waals surface area (Å²) in [6.07, 6.45) is -1.52. The molecule has 2 aromatic rings. The third-order valence-corrected chi connectivity index (χ3v) is 10.4. The van der Waals surface area contributed by atoms with Crippen LogP contribution in [-0.4, -0.2) is 54.4 Å². The molecule has 3 rings (SSSR count). The van der Waals surface area contributed by atoms with Crippen molar-refractivity contribution >= 4 is 31.1 Å². The molecule has 9 heteroatoms. The number of carbonyl (C=O) groups is 2. The summed E-state index contributed by atoms with van der Waals surface area (Å²) in [5, 5.41) is 8.32. The minimum atomic E-state index is -2.25. The molecule has 158 valence electrons. The van der Waals surface area contributed by atoms with Crippen LogP contribution in [0.4, 0.5) is 0 Å². The van der Waals surface area contributed by atoms with Gasteiger partial charge in [-0.1, -0.05) is 39.0 Å². The van der Waals surface area contributed by atoms with Crippen molar-refractivity contribution in [3.8, 4) is 0 Å². The van der Waals surface area contributed by atoms with E-state index in [4.69, 9.17) is 13.9 Å². The first-order valence-electron chi connectivity index (χ1n) is 9.81. The maximum Gasteiger partial charge on any atom is 0.340 e. The fraction of sp³-hybridized carbons (Fsp3) is 0.600. The van der Waals surface area contributed by atoms with Crippen LogP contribution in [0.1, 0.15) is 50.7 Å². The molecule has 0 unspecified atom stereocenters. The topological polar surface area (TPSA) is 92.5 Å². The van der Waals surface area contributed by atoms with Crippen molar-refractivity contribution in [3.05, 3.63) is 23.8 Å². The van der Waals surface area contributed by atoms with E-state index in [9.17, 15) is 9.59 Å². The summed E-state index contributed by atoms with van der Waals surface area (Å²) >= 11 is 0. The average molecular weight is 420 g/mol. The van der Waals surface area contributed by atoms with E-state index in [0.717, 1.165) is 0 Å². The first kappa shape index (κ1) is 21.6. The lowest BCUT2D eigenvalue weighted by molar-refractivity contribution is -0.126. The minimum Gasteiger partial charge on any atom is -0.465 e. The number of methoxy groups -OCH3 is 1. The van der Waals surface area contributed by atoms with Crippen LogP contribution in [-0.2, 0) is 18.7 Å². The molecule has 1 saturated heterocycles. The largest absolute Gasteiger partial charge is 0.465 e. The Morgan fingerprint density at radius 1 is 1.31 bits per heavy atom. The molecule has 1 aliphatic rings. The van der Waals surface area contributed by atoms with Crippen LogP contribution in [0.2, 0.25) is 18.1 Å². The fourth-order valence-corrected chi connectivity index (χ4v) is 4.37. The normalized spacial score (nSPS) is 23.0. The van der Waals surface area contributed by atoms with Crippen molar-refractivity contribution in [3.63, 3.8) is 0 Å². The van der Waals surface area contributed by atoms with Crippen LogP contribution < -0.4 is 0 Å². The van der Waals surface area contributed by atoms with Crippen molar-refractivity contribution in [2.45, 2.75) is 70.7 Å². The number of hydrogen-bond acceptors (Lipinski definition) is 7. The number of esters is 1. The second-order valence-electron chi connectivity index (χ2n) is 8.82. The van der Waals surface area contributed by atoms with Crippen LogP contribution in [0.3, 0.4) is 0 Å². The van der Waals surface area contributed by atoms with Crippen molar-refractivity contribution in [2.24, 2.45) is 0 Å². The summed E-state index contributed by atoms with van der Waals surface area (Å²) in [6, 6.07) is 5.15. The molecule has 0 amide bonds. The molecule has 0 N–H and O–H groups in total. The van der Waals surface area contributed by atoms with Crippen molar-refractivity contribution in [1.82, 2.24) is 15.0 Å². The Morgan fingerprint density at radius 2 is 2.00 bits per heavy atom. The van der Waals surface area contributed by atoms with Gasteiger partial charge in [0.05, 0.1) is 18.2 Å². The highest BCUT2D eigenvalue weighted by Crippen LogP contribution is 2.41. The Hall–Kier alpha value is -2.10. The first-order chi connectivity index (χ1) is 13.5. The number of benzene rings is 1. The second kappa shape index (κ2) is 7.62. The summed E-state index contributed by atoms with van der Waals surface area (Å²) in [7, 11) is -0.928. The fourth-order valence-electron chi connectivity index (χ4n) is 3.15. The van der Waals surface area contributed by atoms with E-state index in [1.807, 2.05) is 6.92 Å². The Morgan fingerprint density at radius 3 is 2.59 bits per heavy atom. The van der Waals surface area contributed by atoms with Gasteiger partial charge in [-0.25, -0.2) is 9.48 Å². The zero-order valence-corrected chi connectivity index (χ0v) is 19.1. The maximum atomic E-state index is 13.0. The van der Waals surface area contributed by atoms with Gasteiger partial charge >= 0.3 is 5.97 Å². The number of Topliss-reactive ketones (excluding diaryl/α,β-unsaturated/α-hetero) is 1. The van der Waals surface area contributed by atoms with E-state index in [1.165, 1.54) is 7.11 Å². The smallest absolute Gasteiger partial charge is 0.340 e. The molecule has 0 saturated carbocycles. The van der Waals surface area contributed by atoms with Gasteiger partial charge in [0.25, 0.3) is 0 Å². The molecule has 1 aromatic carbocycles. The molecule has 8 nitrogen and oxygen atoms in total. The number of rotatable bonds is 5. The zero-order valence-electron chi connectivity index (χ0n) is 18.1. The molecule has 3 atom stereocenters. The standard InChI is InChI=1S/C20H29N3O5Si/c1-8-14-16(24)17(28-29(6,7)20(2,3)4)18(27-14)23-13-11-9-10-12(19(25)26-5)15(13)21-22-23/h9-11,14,17-18H,8H2,1-7H3/t14-,17-,18-/m1/s1. The number of carbonyl (C=O) groups excluding carboxylic acids is 2. The van der Waals surface area contributed by atoms with Crippen LogP contribution in [0.5, 0.6) is 0 Å². The van der Waals surface area contributed by atoms with E-state index in [2.05, 4.69) is 44.2 Å². The molecule has 1 fully saturated rings. The van der Waals surface area contributed by atoms with Gasteiger partial charge in [-0.05, 0) is 36.7 Å². The van der Waals surface area contributed by atoms with Gasteiger partial charge in [0.2, 0.25) is 0 Å². The number of ketones is 1. The summed E-state index contributed by atoms with van der Waals surface area (Å²) in [6.45, 7) is 12.5. The summed E-state index contributed by atoms with van der Waals surface area (Å²) < 4.78 is 18.9. The predicted octanol–water partition coefficient (Wildman–Crippen LogP) is 3.48. The van der Waals surface area contributed by atoms with E-state index < -0.39 is 32.7 Å². The molecule has 0 aliphatic carbocycles. The van der Waals surface area contributed by atoms with Crippen molar-refractivity contribution in [2.75, 3.05) is 7.11 Å². The Balaban J connectivity index is 2.06.